The third-order valence-corrected chi connectivity index (χ3v) is 13.7. The van der Waals surface area contributed by atoms with Crippen LogP contribution in [0.2, 0.25) is 0 Å². The minimum atomic E-state index is -1.75. The molecule has 2 aliphatic heterocycles. The van der Waals surface area contributed by atoms with Gasteiger partial charge in [-0.05, 0) is 55.2 Å². The molecule has 0 bridgehead atoms. The second-order valence-corrected chi connectivity index (χ2v) is 20.0. The van der Waals surface area contributed by atoms with Crippen LogP contribution >= 0.6 is 21.6 Å². The summed E-state index contributed by atoms with van der Waals surface area (Å²) in [6.45, 7) is 6.60. The Kier molecular flexibility index (Phi) is 23.0. The Hall–Kier alpha value is -6.15. The number of amides is 11. The van der Waals surface area contributed by atoms with Crippen molar-refractivity contribution in [2.24, 2.45) is 34.8 Å². The number of nitrogens with zero attached hydrogens (tertiary/aromatic N) is 1. The number of primary amides is 3. The molecule has 4 unspecified atom stereocenters. The van der Waals surface area contributed by atoms with Gasteiger partial charge in [-0.25, -0.2) is 0 Å². The molecule has 2 saturated heterocycles. The predicted molar refractivity (Wildman–Crippen MR) is 254 cm³/mol. The average Bonchev–Trinajstić information content (AvgIpc) is 3.78. The number of phenolic OH excluding ortho intramolecular Hbond substituents is 1. The van der Waals surface area contributed by atoms with Crippen LogP contribution < -0.4 is 60.2 Å². The molecule has 0 aliphatic carbocycles. The summed E-state index contributed by atoms with van der Waals surface area (Å²) in [5.74, 6) is -10.4. The highest BCUT2D eigenvalue weighted by Crippen LogP contribution is 2.26. The topological polar surface area (TPSA) is 400 Å². The third kappa shape index (κ3) is 18.7. The van der Waals surface area contributed by atoms with Gasteiger partial charge in [0, 0.05) is 30.9 Å². The minimum Gasteiger partial charge on any atom is -0.508 e. The number of rotatable bonds is 17. The molecule has 3 rings (SSSR count). The molecule has 0 aromatic heterocycles. The van der Waals surface area contributed by atoms with E-state index in [2.05, 4.69) is 37.2 Å². The molecule has 2 fully saturated rings. The Labute approximate surface area is 407 Å². The van der Waals surface area contributed by atoms with Crippen LogP contribution in [0.5, 0.6) is 5.75 Å². The smallest absolute Gasteiger partial charge is 0.246 e. The molecule has 2 aliphatic rings. The zero-order valence-corrected chi connectivity index (χ0v) is 40.7. The normalized spacial score (nSPS) is 24.3. The average molecular weight is 1010 g/mol. The fourth-order valence-electron chi connectivity index (χ4n) is 7.34. The second-order valence-electron chi connectivity index (χ2n) is 17.4. The van der Waals surface area contributed by atoms with E-state index in [0.717, 1.165) is 21.6 Å². The van der Waals surface area contributed by atoms with E-state index in [1.165, 1.54) is 29.2 Å². The van der Waals surface area contributed by atoms with Gasteiger partial charge in [0.2, 0.25) is 65.0 Å². The summed E-state index contributed by atoms with van der Waals surface area (Å²) in [6.07, 6.45) is -0.694. The molecule has 0 spiro atoms. The molecule has 11 amide bonds. The van der Waals surface area contributed by atoms with Gasteiger partial charge in [-0.1, -0.05) is 67.8 Å². The van der Waals surface area contributed by atoms with E-state index in [-0.39, 0.29) is 49.0 Å². The summed E-state index contributed by atoms with van der Waals surface area (Å²) in [5, 5.41) is 27.7. The number of carbonyl (C=O) groups excluding carboxylic acids is 11. The third-order valence-electron chi connectivity index (χ3n) is 11.3. The highest BCUT2D eigenvalue weighted by atomic mass is 33.1. The Morgan fingerprint density at radius 3 is 2.00 bits per heavy atom. The van der Waals surface area contributed by atoms with Crippen molar-refractivity contribution in [1.82, 2.24) is 42.1 Å². The minimum absolute atomic E-state index is 0.0468. The summed E-state index contributed by atoms with van der Waals surface area (Å²) in [4.78, 5) is 148. The zero-order valence-electron chi connectivity index (χ0n) is 39.1. The Morgan fingerprint density at radius 2 is 1.39 bits per heavy atom. The first-order valence-corrected chi connectivity index (χ1v) is 25.0. The van der Waals surface area contributed by atoms with Crippen molar-refractivity contribution in [3.05, 3.63) is 29.8 Å². The first-order chi connectivity index (χ1) is 32.5. The predicted octanol–water partition coefficient (Wildman–Crippen LogP) is -3.61. The van der Waals surface area contributed by atoms with E-state index in [0.29, 0.717) is 18.4 Å². The van der Waals surface area contributed by atoms with E-state index < -0.39 is 145 Å². The number of hydrogen-bond acceptors (Lipinski definition) is 15. The fourth-order valence-corrected chi connectivity index (χ4v) is 9.62. The lowest BCUT2D eigenvalue weighted by molar-refractivity contribution is -0.142. The molecule has 0 saturated carbocycles. The van der Waals surface area contributed by atoms with Gasteiger partial charge < -0.3 is 70.2 Å². The second kappa shape index (κ2) is 27.7. The van der Waals surface area contributed by atoms with Crippen LogP contribution in [-0.2, 0) is 59.2 Å². The number of carbonyl (C=O) groups is 11. The molecule has 9 atom stereocenters. The van der Waals surface area contributed by atoms with Crippen molar-refractivity contribution in [2.45, 2.75) is 127 Å². The molecule has 1 aromatic carbocycles. The van der Waals surface area contributed by atoms with Gasteiger partial charge in [0.25, 0.3) is 0 Å². The summed E-state index contributed by atoms with van der Waals surface area (Å²) in [6, 6.07) is -5.05. The van der Waals surface area contributed by atoms with Gasteiger partial charge in [0.1, 0.15) is 48.0 Å². The number of likely N-dealkylation sites (tertiary alicyclic amines) is 1. The largest absolute Gasteiger partial charge is 0.508 e. The van der Waals surface area contributed by atoms with E-state index >= 15 is 0 Å². The first kappa shape index (κ1) is 57.2. The van der Waals surface area contributed by atoms with Crippen LogP contribution in [0.15, 0.2) is 24.3 Å². The number of nitrogens with two attached hydrogens (primary N) is 4. The number of phenols is 1. The van der Waals surface area contributed by atoms with E-state index in [1.807, 2.05) is 13.8 Å². The lowest BCUT2D eigenvalue weighted by atomic mass is 9.96. The van der Waals surface area contributed by atoms with Crippen LogP contribution in [0.1, 0.15) is 78.2 Å². The van der Waals surface area contributed by atoms with Crippen molar-refractivity contribution in [3.8, 4) is 5.75 Å². The maximum atomic E-state index is 14.5. The number of aromatic hydroxyl groups is 1. The highest BCUT2D eigenvalue weighted by Gasteiger charge is 2.41. The fraction of sp³-hybridized carbons (Fsp3) is 0.605. The van der Waals surface area contributed by atoms with Crippen molar-refractivity contribution in [2.75, 3.05) is 24.6 Å². The summed E-state index contributed by atoms with van der Waals surface area (Å²) >= 11 is 0. The van der Waals surface area contributed by atoms with Gasteiger partial charge in [-0.15, -0.1) is 0 Å². The van der Waals surface area contributed by atoms with Crippen molar-refractivity contribution < 1.29 is 57.8 Å². The van der Waals surface area contributed by atoms with Crippen molar-refractivity contribution in [3.63, 3.8) is 0 Å². The van der Waals surface area contributed by atoms with Crippen LogP contribution in [0.4, 0.5) is 0 Å². The molecule has 16 N–H and O–H groups in total. The zero-order chi connectivity index (χ0) is 51.5. The molecule has 2 heterocycles. The highest BCUT2D eigenvalue weighted by molar-refractivity contribution is 8.76. The maximum absolute atomic E-state index is 14.5. The van der Waals surface area contributed by atoms with Gasteiger partial charge >= 0.3 is 0 Å². The molecule has 24 nitrogen and oxygen atoms in total. The maximum Gasteiger partial charge on any atom is 0.246 e. The first-order valence-electron chi connectivity index (χ1n) is 22.5. The Balaban J connectivity index is 2.05. The van der Waals surface area contributed by atoms with Crippen molar-refractivity contribution >= 4 is 86.6 Å². The van der Waals surface area contributed by atoms with Crippen LogP contribution in [0, 0.1) is 11.8 Å². The van der Waals surface area contributed by atoms with Crippen LogP contribution in [-0.4, -0.2) is 148 Å². The van der Waals surface area contributed by atoms with Crippen LogP contribution in [0.25, 0.3) is 0 Å². The van der Waals surface area contributed by atoms with E-state index in [4.69, 9.17) is 22.9 Å². The lowest BCUT2D eigenvalue weighted by Gasteiger charge is -2.31. The summed E-state index contributed by atoms with van der Waals surface area (Å²) < 4.78 is 0. The SMILES string of the molecule is CC[C@H](C)C1NC(=O)C(Cc2ccc(O)cc2)NC(=O)[C@@H](N)CSSCC(C(=O)N2CCC[C@H]2C(=O)N[C@@H](CC(C)C)C(=O)NCC(N)=O)NC(=O)C(CC(N)=O)NC(=O)[C@H](CCC(N)=O)NC1=O. The molecule has 0 radical (unpaired) electrons. The Morgan fingerprint density at radius 1 is 0.783 bits per heavy atom. The summed E-state index contributed by atoms with van der Waals surface area (Å²) in [7, 11) is 2.05. The van der Waals surface area contributed by atoms with E-state index in [1.54, 1.807) is 13.8 Å². The van der Waals surface area contributed by atoms with Gasteiger partial charge in [-0.2, -0.15) is 0 Å². The standard InChI is InChI=1S/C43H66N12O12S2/c1-5-22(4)35-42(66)49-26(12-13-32(45)57)38(62)51-29(17-33(46)58)39(63)53-30(20-69-68-19-25(44)36(60)50-28(40(64)54-35)16-23-8-10-24(56)11-9-23)43(67)55-14-6-7-31(55)41(65)52-27(15-21(2)3)37(61)48-18-34(47)59/h8-11,21-22,25-31,35,56H,5-7,12-20,44H2,1-4H3,(H2,45,57)(H2,46,58)(H2,47,59)(H,48,61)(H,49,66)(H,50,60)(H,51,62)(H,52,65)(H,53,63)(H,54,64)/t22-,25-,26-,27-,28?,29?,30?,31-,35?/m0/s1. The molecular formula is C43H66N12O12S2. The number of benzene rings is 1. The van der Waals surface area contributed by atoms with E-state index in [9.17, 15) is 57.8 Å². The lowest BCUT2D eigenvalue weighted by Crippen LogP contribution is -2.61. The van der Waals surface area contributed by atoms with Gasteiger partial charge in [-0.3, -0.25) is 52.7 Å². The van der Waals surface area contributed by atoms with Gasteiger partial charge in [0.05, 0.1) is 19.0 Å². The summed E-state index contributed by atoms with van der Waals surface area (Å²) in [5.41, 5.74) is 22.9. The van der Waals surface area contributed by atoms with Crippen molar-refractivity contribution in [1.29, 1.82) is 0 Å². The quantitative estimate of drug-likeness (QED) is 0.0671. The molecular weight excluding hydrogens is 941 g/mol. The molecule has 382 valence electrons. The number of hydrogen-bond donors (Lipinski definition) is 12. The van der Waals surface area contributed by atoms with Gasteiger partial charge in [0.15, 0.2) is 0 Å². The molecule has 1 aromatic rings. The molecule has 69 heavy (non-hydrogen) atoms. The monoisotopic (exact) mass is 1010 g/mol. The number of nitrogens with one attached hydrogen (secondary N) is 7. The molecule has 26 heteroatoms. The Bertz CT molecular complexity index is 2050. The van der Waals surface area contributed by atoms with Crippen LogP contribution in [0.3, 0.4) is 0 Å².